The largest absolute Gasteiger partial charge is 0.494 e. The zero-order valence-electron chi connectivity index (χ0n) is 12.5. The molecule has 1 aliphatic carbocycles. The van der Waals surface area contributed by atoms with Crippen molar-refractivity contribution in [3.8, 4) is 5.75 Å². The Labute approximate surface area is 123 Å². The van der Waals surface area contributed by atoms with Gasteiger partial charge in [0.1, 0.15) is 5.75 Å². The molecule has 1 saturated heterocycles. The van der Waals surface area contributed by atoms with E-state index in [1.54, 1.807) is 0 Å². The van der Waals surface area contributed by atoms with Crippen LogP contribution in [0.15, 0.2) is 30.3 Å². The Hall–Kier alpha value is -1.02. The molecule has 2 nitrogen and oxygen atoms in total. The molecule has 0 N–H and O–H groups in total. The third-order valence-electron chi connectivity index (χ3n) is 4.93. The maximum absolute atomic E-state index is 5.88. The van der Waals surface area contributed by atoms with Gasteiger partial charge in [0.15, 0.2) is 0 Å². The molecule has 0 radical (unpaired) electrons. The van der Waals surface area contributed by atoms with Gasteiger partial charge in [-0.25, -0.2) is 0 Å². The number of hydrogen-bond donors (Lipinski definition) is 0. The van der Waals surface area contributed by atoms with Crippen molar-refractivity contribution in [2.45, 2.75) is 51.0 Å². The van der Waals surface area contributed by atoms with Crippen LogP contribution in [0.3, 0.4) is 0 Å². The fourth-order valence-electron chi connectivity index (χ4n) is 3.46. The number of nitrogens with zero attached hydrogens (tertiary/aromatic N) is 1. The molecule has 1 atom stereocenters. The van der Waals surface area contributed by atoms with Gasteiger partial charge in [0, 0.05) is 12.6 Å². The Balaban J connectivity index is 1.44. The summed E-state index contributed by atoms with van der Waals surface area (Å²) in [6, 6.07) is 11.0. The van der Waals surface area contributed by atoms with Crippen LogP contribution >= 0.6 is 0 Å². The molecule has 2 aliphatic rings. The highest BCUT2D eigenvalue weighted by atomic mass is 16.5. The molecule has 1 heterocycles. The number of hydrogen-bond acceptors (Lipinski definition) is 2. The molecule has 20 heavy (non-hydrogen) atoms. The lowest BCUT2D eigenvalue weighted by atomic mass is 9.84. The van der Waals surface area contributed by atoms with Crippen LogP contribution in [-0.4, -0.2) is 30.6 Å². The van der Waals surface area contributed by atoms with Crippen LogP contribution in [0.4, 0.5) is 0 Å². The SMILES string of the molecule is c1ccc(OCCC2CCCCN2CC2CCC2)cc1. The maximum Gasteiger partial charge on any atom is 0.119 e. The minimum atomic E-state index is 0.757. The van der Waals surface area contributed by atoms with Gasteiger partial charge < -0.3 is 4.74 Å². The highest BCUT2D eigenvalue weighted by Gasteiger charge is 2.27. The molecular weight excluding hydrogens is 246 g/mol. The first-order chi connectivity index (χ1) is 9.92. The van der Waals surface area contributed by atoms with E-state index in [2.05, 4.69) is 4.90 Å². The topological polar surface area (TPSA) is 12.5 Å². The lowest BCUT2D eigenvalue weighted by Gasteiger charge is -2.40. The molecule has 2 heteroatoms. The van der Waals surface area contributed by atoms with Gasteiger partial charge in [-0.3, -0.25) is 4.90 Å². The summed E-state index contributed by atoms with van der Waals surface area (Å²) in [6.07, 6.45) is 9.72. The van der Waals surface area contributed by atoms with Crippen LogP contribution in [0.25, 0.3) is 0 Å². The van der Waals surface area contributed by atoms with Crippen LogP contribution < -0.4 is 4.74 Å². The van der Waals surface area contributed by atoms with Crippen LogP contribution in [0.1, 0.15) is 44.9 Å². The van der Waals surface area contributed by atoms with Gasteiger partial charge in [-0.15, -0.1) is 0 Å². The summed E-state index contributed by atoms with van der Waals surface area (Å²) in [6.45, 7) is 3.51. The zero-order valence-corrected chi connectivity index (χ0v) is 12.5. The summed E-state index contributed by atoms with van der Waals surface area (Å²) in [7, 11) is 0. The van der Waals surface area contributed by atoms with Gasteiger partial charge >= 0.3 is 0 Å². The normalized spacial score (nSPS) is 24.3. The molecule has 0 spiro atoms. The van der Waals surface area contributed by atoms with E-state index in [0.29, 0.717) is 0 Å². The maximum atomic E-state index is 5.88. The van der Waals surface area contributed by atoms with Crippen LogP contribution in [0.2, 0.25) is 0 Å². The van der Waals surface area contributed by atoms with Crippen molar-refractivity contribution in [1.29, 1.82) is 0 Å². The fraction of sp³-hybridized carbons (Fsp3) is 0.667. The highest BCUT2D eigenvalue weighted by molar-refractivity contribution is 5.20. The summed E-state index contributed by atoms with van der Waals surface area (Å²) in [4.78, 5) is 2.75. The van der Waals surface area contributed by atoms with Gasteiger partial charge in [0.25, 0.3) is 0 Å². The van der Waals surface area contributed by atoms with Crippen molar-refractivity contribution in [1.82, 2.24) is 4.90 Å². The van der Waals surface area contributed by atoms with E-state index in [-0.39, 0.29) is 0 Å². The molecule has 1 aliphatic heterocycles. The summed E-state index contributed by atoms with van der Waals surface area (Å²) in [5.41, 5.74) is 0. The molecule has 2 fully saturated rings. The van der Waals surface area contributed by atoms with E-state index in [1.165, 1.54) is 58.0 Å². The van der Waals surface area contributed by atoms with Crippen molar-refractivity contribution < 1.29 is 4.74 Å². The third kappa shape index (κ3) is 3.76. The lowest BCUT2D eigenvalue weighted by Crippen LogP contribution is -2.44. The molecule has 0 bridgehead atoms. The van der Waals surface area contributed by atoms with Gasteiger partial charge in [0.05, 0.1) is 6.61 Å². The molecule has 1 unspecified atom stereocenters. The second kappa shape index (κ2) is 7.12. The lowest BCUT2D eigenvalue weighted by molar-refractivity contribution is 0.0859. The molecule has 1 aromatic carbocycles. The standard InChI is InChI=1S/C18H27NO/c1-2-10-18(11-3-1)20-14-12-17-9-4-5-13-19(17)15-16-7-6-8-16/h1-3,10-11,16-17H,4-9,12-15H2. The monoisotopic (exact) mass is 273 g/mol. The van der Waals surface area contributed by atoms with E-state index >= 15 is 0 Å². The summed E-state index contributed by atoms with van der Waals surface area (Å²) in [5, 5.41) is 0. The molecule has 110 valence electrons. The highest BCUT2D eigenvalue weighted by Crippen LogP contribution is 2.30. The molecule has 1 aromatic rings. The molecule has 0 amide bonds. The first kappa shape index (κ1) is 13.9. The minimum Gasteiger partial charge on any atom is -0.494 e. The Morgan fingerprint density at radius 3 is 2.60 bits per heavy atom. The van der Waals surface area contributed by atoms with Gasteiger partial charge in [-0.2, -0.15) is 0 Å². The first-order valence-electron chi connectivity index (χ1n) is 8.34. The van der Waals surface area contributed by atoms with Crippen molar-refractivity contribution in [3.63, 3.8) is 0 Å². The number of ether oxygens (including phenoxy) is 1. The number of piperidine rings is 1. The van der Waals surface area contributed by atoms with Gasteiger partial charge in [-0.05, 0) is 56.7 Å². The van der Waals surface area contributed by atoms with Crippen LogP contribution in [0.5, 0.6) is 5.75 Å². The summed E-state index contributed by atoms with van der Waals surface area (Å²) < 4.78 is 5.88. The Bertz CT molecular complexity index is 388. The van der Waals surface area contributed by atoms with Crippen molar-refractivity contribution in [2.75, 3.05) is 19.7 Å². The zero-order chi connectivity index (χ0) is 13.6. The van der Waals surface area contributed by atoms with Crippen LogP contribution in [0, 0.1) is 5.92 Å². The summed E-state index contributed by atoms with van der Waals surface area (Å²) in [5.74, 6) is 2.00. The first-order valence-corrected chi connectivity index (χ1v) is 8.34. The average molecular weight is 273 g/mol. The van der Waals surface area contributed by atoms with Gasteiger partial charge in [0.2, 0.25) is 0 Å². The minimum absolute atomic E-state index is 0.757. The van der Waals surface area contributed by atoms with Crippen LogP contribution in [-0.2, 0) is 0 Å². The predicted octanol–water partition coefficient (Wildman–Crippen LogP) is 4.11. The van der Waals surface area contributed by atoms with Crippen molar-refractivity contribution in [3.05, 3.63) is 30.3 Å². The number of benzene rings is 1. The fourth-order valence-corrected chi connectivity index (χ4v) is 3.46. The van der Waals surface area contributed by atoms with E-state index in [9.17, 15) is 0 Å². The quantitative estimate of drug-likeness (QED) is 0.773. The third-order valence-corrected chi connectivity index (χ3v) is 4.93. The van der Waals surface area contributed by atoms with E-state index < -0.39 is 0 Å². The Morgan fingerprint density at radius 2 is 1.85 bits per heavy atom. The van der Waals surface area contributed by atoms with E-state index in [4.69, 9.17) is 4.74 Å². The molecule has 3 rings (SSSR count). The number of para-hydroxylation sites is 1. The second-order valence-corrected chi connectivity index (χ2v) is 6.39. The second-order valence-electron chi connectivity index (χ2n) is 6.39. The number of rotatable bonds is 6. The van der Waals surface area contributed by atoms with Crippen molar-refractivity contribution in [2.24, 2.45) is 5.92 Å². The Morgan fingerprint density at radius 1 is 1.00 bits per heavy atom. The molecule has 0 aromatic heterocycles. The summed E-state index contributed by atoms with van der Waals surface area (Å²) >= 11 is 0. The number of likely N-dealkylation sites (tertiary alicyclic amines) is 1. The van der Waals surface area contributed by atoms with E-state index in [1.807, 2.05) is 30.3 Å². The van der Waals surface area contributed by atoms with E-state index in [0.717, 1.165) is 24.3 Å². The predicted molar refractivity (Wildman–Crippen MR) is 83.1 cm³/mol. The van der Waals surface area contributed by atoms with Crippen molar-refractivity contribution >= 4 is 0 Å². The Kier molecular flexibility index (Phi) is 4.96. The van der Waals surface area contributed by atoms with Gasteiger partial charge in [-0.1, -0.05) is 31.0 Å². The molecule has 1 saturated carbocycles. The molecular formula is C18H27NO. The average Bonchev–Trinajstić information content (AvgIpc) is 2.45. The smallest absolute Gasteiger partial charge is 0.119 e.